The van der Waals surface area contributed by atoms with E-state index in [0.29, 0.717) is 60.0 Å². The summed E-state index contributed by atoms with van der Waals surface area (Å²) in [6.07, 6.45) is 8.30. The molecule has 248 valence electrons. The van der Waals surface area contributed by atoms with Gasteiger partial charge in [-0.1, -0.05) is 0 Å². The van der Waals surface area contributed by atoms with Crippen molar-refractivity contribution in [3.05, 3.63) is 95.4 Å². The Labute approximate surface area is 279 Å². The van der Waals surface area contributed by atoms with E-state index in [4.69, 9.17) is 9.15 Å². The van der Waals surface area contributed by atoms with Gasteiger partial charge in [-0.3, -0.25) is 24.4 Å². The van der Waals surface area contributed by atoms with Gasteiger partial charge >= 0.3 is 0 Å². The molecule has 1 aliphatic rings. The van der Waals surface area contributed by atoms with Gasteiger partial charge < -0.3 is 28.4 Å². The summed E-state index contributed by atoms with van der Waals surface area (Å²) in [6, 6.07) is 16.9. The number of anilines is 3. The first-order valence-electron chi connectivity index (χ1n) is 16.1. The summed E-state index contributed by atoms with van der Waals surface area (Å²) in [4.78, 5) is 53.4. The van der Waals surface area contributed by atoms with E-state index in [1.54, 1.807) is 66.1 Å². The zero-order chi connectivity index (χ0) is 34.0. The second-order valence-electron chi connectivity index (χ2n) is 12.5. The van der Waals surface area contributed by atoms with Crippen LogP contribution in [-0.2, 0) is 22.6 Å². The minimum atomic E-state index is -1.15. The van der Waals surface area contributed by atoms with Gasteiger partial charge in [0.1, 0.15) is 22.5 Å². The summed E-state index contributed by atoms with van der Waals surface area (Å²) < 4.78 is 13.7. The smallest absolute Gasteiger partial charge is 0.261 e. The second-order valence-corrected chi connectivity index (χ2v) is 12.5. The van der Waals surface area contributed by atoms with E-state index in [9.17, 15) is 14.4 Å². The normalized spacial score (nSPS) is 14.3. The Morgan fingerprint density at radius 2 is 1.73 bits per heavy atom. The van der Waals surface area contributed by atoms with Gasteiger partial charge in [0.2, 0.25) is 11.8 Å². The second kappa shape index (κ2) is 13.3. The molecule has 0 saturated heterocycles. The fraction of sp³-hybridized carbons (Fsp3) is 0.324. The molecule has 0 fully saturated rings. The molecule has 6 rings (SSSR count). The molecule has 0 atom stereocenters. The number of carbonyl (C=O) groups is 2. The highest BCUT2D eigenvalue weighted by Crippen LogP contribution is 2.40. The third kappa shape index (κ3) is 6.27. The molecule has 0 aliphatic carbocycles. The van der Waals surface area contributed by atoms with Crippen molar-refractivity contribution in [2.24, 2.45) is 5.41 Å². The highest BCUT2D eigenvalue weighted by molar-refractivity contribution is 6.20. The highest BCUT2D eigenvalue weighted by atomic mass is 16.5. The number of aryl methyl sites for hydroxylation is 2. The largest absolute Gasteiger partial charge is 0.493 e. The Morgan fingerprint density at radius 1 is 0.938 bits per heavy atom. The first-order chi connectivity index (χ1) is 23.1. The average Bonchev–Trinajstić information content (AvgIpc) is 3.54. The summed E-state index contributed by atoms with van der Waals surface area (Å²) in [6.45, 7) is 7.42. The van der Waals surface area contributed by atoms with Crippen LogP contribution < -0.4 is 25.0 Å². The van der Waals surface area contributed by atoms with Gasteiger partial charge in [-0.2, -0.15) is 0 Å². The predicted octanol–water partition coefficient (Wildman–Crippen LogP) is 5.56. The predicted molar refractivity (Wildman–Crippen MR) is 187 cm³/mol. The van der Waals surface area contributed by atoms with E-state index in [-0.39, 0.29) is 17.4 Å². The summed E-state index contributed by atoms with van der Waals surface area (Å²) in [5.41, 5.74) is 3.44. The van der Waals surface area contributed by atoms with Crippen LogP contribution in [0.3, 0.4) is 0 Å². The van der Waals surface area contributed by atoms with Crippen molar-refractivity contribution in [3.8, 4) is 17.1 Å². The van der Waals surface area contributed by atoms with Crippen LogP contribution in [0.1, 0.15) is 32.9 Å². The van der Waals surface area contributed by atoms with Crippen LogP contribution in [0.4, 0.5) is 17.1 Å². The van der Waals surface area contributed by atoms with Gasteiger partial charge in [-0.25, -0.2) is 0 Å². The van der Waals surface area contributed by atoms with E-state index in [2.05, 4.69) is 14.9 Å². The maximum absolute atomic E-state index is 13.2. The fourth-order valence-electron chi connectivity index (χ4n) is 6.08. The summed E-state index contributed by atoms with van der Waals surface area (Å²) >= 11 is 0. The zero-order valence-corrected chi connectivity index (χ0v) is 28.0. The highest BCUT2D eigenvalue weighted by Gasteiger charge is 2.45. The molecule has 4 aromatic heterocycles. The number of furan rings is 1. The molecule has 0 saturated carbocycles. The maximum atomic E-state index is 13.2. The minimum absolute atomic E-state index is 0.0995. The molecule has 11 heteroatoms. The molecule has 11 nitrogen and oxygen atoms in total. The molecule has 0 unspecified atom stereocenters. The van der Waals surface area contributed by atoms with E-state index in [1.807, 2.05) is 62.5 Å². The third-order valence-corrected chi connectivity index (χ3v) is 8.91. The number of carbonyl (C=O) groups excluding carboxylic acids is 2. The number of nitrogens with zero attached hydrogens (tertiary/aromatic N) is 6. The number of aromatic nitrogens is 3. The topological polar surface area (TPSA) is 114 Å². The van der Waals surface area contributed by atoms with E-state index in [0.717, 1.165) is 29.9 Å². The fourth-order valence-corrected chi connectivity index (χ4v) is 6.08. The monoisotopic (exact) mass is 648 g/mol. The molecular formula is C37H40N6O5. The van der Waals surface area contributed by atoms with E-state index in [1.165, 1.54) is 0 Å². The number of benzene rings is 1. The van der Waals surface area contributed by atoms with Crippen molar-refractivity contribution < 1.29 is 18.7 Å². The molecule has 0 bridgehead atoms. The van der Waals surface area contributed by atoms with Crippen LogP contribution in [0.15, 0.2) is 88.6 Å². The SMILES string of the molecule is CCN1C(=O)C(C)(C)C(=O)N(C)c2cc(OCCCN(C)c3ccnc(CCn4ccc5oc(-c6ccncc6)cc5c4=O)c3)ccc21. The van der Waals surface area contributed by atoms with Crippen molar-refractivity contribution in [3.63, 3.8) is 0 Å². The van der Waals surface area contributed by atoms with Crippen LogP contribution >= 0.6 is 0 Å². The zero-order valence-electron chi connectivity index (χ0n) is 28.0. The van der Waals surface area contributed by atoms with Crippen molar-refractivity contribution in [1.82, 2.24) is 14.5 Å². The first kappa shape index (κ1) is 32.5. The van der Waals surface area contributed by atoms with Crippen LogP contribution in [0.25, 0.3) is 22.3 Å². The van der Waals surface area contributed by atoms with Crippen molar-refractivity contribution in [1.29, 1.82) is 0 Å². The number of hydrogen-bond acceptors (Lipinski definition) is 8. The molecule has 0 N–H and O–H groups in total. The summed E-state index contributed by atoms with van der Waals surface area (Å²) in [7, 11) is 3.73. The lowest BCUT2D eigenvalue weighted by Crippen LogP contribution is -2.47. The van der Waals surface area contributed by atoms with Gasteiger partial charge in [0.05, 0.1) is 23.4 Å². The molecule has 1 aromatic carbocycles. The lowest BCUT2D eigenvalue weighted by Gasteiger charge is -2.27. The summed E-state index contributed by atoms with van der Waals surface area (Å²) in [5, 5.41) is 0.543. The van der Waals surface area contributed by atoms with Crippen LogP contribution in [-0.4, -0.2) is 60.1 Å². The van der Waals surface area contributed by atoms with Crippen molar-refractivity contribution >= 4 is 39.8 Å². The van der Waals surface area contributed by atoms with Crippen LogP contribution in [0.2, 0.25) is 0 Å². The average molecular weight is 649 g/mol. The quantitative estimate of drug-likeness (QED) is 0.135. The Morgan fingerprint density at radius 3 is 2.50 bits per heavy atom. The van der Waals surface area contributed by atoms with Gasteiger partial charge in [-0.15, -0.1) is 0 Å². The Kier molecular flexibility index (Phi) is 9.03. The number of amides is 2. The van der Waals surface area contributed by atoms with Crippen molar-refractivity contribution in [2.75, 3.05) is 48.5 Å². The lowest BCUT2D eigenvalue weighted by atomic mass is 9.90. The van der Waals surface area contributed by atoms with Gasteiger partial charge in [-0.05, 0) is 75.7 Å². The summed E-state index contributed by atoms with van der Waals surface area (Å²) in [5.74, 6) is 0.819. The lowest BCUT2D eigenvalue weighted by molar-refractivity contribution is -0.137. The molecule has 5 aromatic rings. The first-order valence-corrected chi connectivity index (χ1v) is 16.1. The maximum Gasteiger partial charge on any atom is 0.261 e. The Hall–Kier alpha value is -5.45. The number of hydrogen-bond donors (Lipinski definition) is 0. The number of pyridine rings is 3. The standard InChI is InChI=1S/C37H40N6O5/c1-6-43-30-9-8-28(23-31(30)41(5)35(45)37(2,3)36(43)46)47-21-7-18-40(4)27-12-17-39-26(22-27)13-19-42-20-14-32-29(34(42)44)24-33(48-32)25-10-15-38-16-11-25/h8-12,14-17,20,22-24H,6-7,13,18-19,21H2,1-5H3. The van der Waals surface area contributed by atoms with Crippen molar-refractivity contribution in [2.45, 2.75) is 40.2 Å². The van der Waals surface area contributed by atoms with Gasteiger partial charge in [0, 0.05) is 87.9 Å². The molecule has 0 radical (unpaired) electrons. The van der Waals surface area contributed by atoms with E-state index >= 15 is 0 Å². The molecule has 5 heterocycles. The molecule has 48 heavy (non-hydrogen) atoms. The minimum Gasteiger partial charge on any atom is -0.493 e. The van der Waals surface area contributed by atoms with Crippen LogP contribution in [0.5, 0.6) is 5.75 Å². The third-order valence-electron chi connectivity index (χ3n) is 8.91. The Bertz CT molecular complexity index is 2020. The number of fused-ring (bicyclic) bond motifs is 2. The molecule has 1 aliphatic heterocycles. The van der Waals surface area contributed by atoms with Gasteiger partial charge in [0.25, 0.3) is 5.56 Å². The number of ether oxygens (including phenoxy) is 1. The van der Waals surface area contributed by atoms with E-state index < -0.39 is 5.41 Å². The Balaban J connectivity index is 1.05. The molecule has 0 spiro atoms. The van der Waals surface area contributed by atoms with Crippen LogP contribution in [0, 0.1) is 5.41 Å². The number of rotatable bonds is 11. The molecular weight excluding hydrogens is 608 g/mol. The van der Waals surface area contributed by atoms with Gasteiger partial charge in [0.15, 0.2) is 0 Å². The molecule has 2 amide bonds.